The highest BCUT2D eigenvalue weighted by Gasteiger charge is 2.21. The van der Waals surface area contributed by atoms with E-state index in [9.17, 15) is 4.39 Å². The number of pyridine rings is 1. The molecule has 3 N–H and O–H groups in total. The fourth-order valence-electron chi connectivity index (χ4n) is 3.16. The standard InChI is InChI=1S/C22H21FN4O2.HI/c23-16-6-3-7-17(13-16)29-21-15(5-4-11-25-21)14-26-22(24)27-19-10-12-28-20-9-2-1-8-18(19)20;/h1-9,11,13,19H,10,12,14H2,(H3,24,26,27);1H. The van der Waals surface area contributed by atoms with Crippen molar-refractivity contribution in [3.63, 3.8) is 0 Å². The molecular formula is C22H22FIN4O2. The van der Waals surface area contributed by atoms with Gasteiger partial charge in [-0.25, -0.2) is 14.4 Å². The Bertz CT molecular complexity index is 1030. The lowest BCUT2D eigenvalue weighted by molar-refractivity contribution is 0.262. The Hall–Kier alpha value is -2.88. The van der Waals surface area contributed by atoms with Crippen LogP contribution in [0.15, 0.2) is 71.9 Å². The van der Waals surface area contributed by atoms with E-state index in [1.54, 1.807) is 24.4 Å². The number of nitrogens with zero attached hydrogens (tertiary/aromatic N) is 2. The van der Waals surface area contributed by atoms with E-state index in [1.165, 1.54) is 12.1 Å². The molecule has 0 bridgehead atoms. The van der Waals surface area contributed by atoms with Crippen molar-refractivity contribution in [2.24, 2.45) is 10.7 Å². The quantitative estimate of drug-likeness (QED) is 0.293. The van der Waals surface area contributed by atoms with Gasteiger partial charge in [-0.15, -0.1) is 24.0 Å². The number of hydrogen-bond acceptors (Lipinski definition) is 4. The molecule has 0 spiro atoms. The fraction of sp³-hybridized carbons (Fsp3) is 0.182. The summed E-state index contributed by atoms with van der Waals surface area (Å²) in [6.07, 6.45) is 2.41. The third-order valence-electron chi connectivity index (χ3n) is 4.56. The maximum absolute atomic E-state index is 13.4. The Kier molecular flexibility index (Phi) is 7.45. The first-order valence-electron chi connectivity index (χ1n) is 9.34. The normalized spacial score (nSPS) is 15.4. The largest absolute Gasteiger partial charge is 0.493 e. The Balaban J connectivity index is 0.00000256. The van der Waals surface area contributed by atoms with E-state index in [4.69, 9.17) is 15.2 Å². The Morgan fingerprint density at radius 2 is 2.07 bits per heavy atom. The van der Waals surface area contributed by atoms with Crippen LogP contribution in [0.3, 0.4) is 0 Å². The lowest BCUT2D eigenvalue weighted by Crippen LogP contribution is -2.37. The van der Waals surface area contributed by atoms with Gasteiger partial charge in [0.25, 0.3) is 0 Å². The molecule has 30 heavy (non-hydrogen) atoms. The number of para-hydroxylation sites is 1. The average Bonchev–Trinajstić information content (AvgIpc) is 2.73. The lowest BCUT2D eigenvalue weighted by Gasteiger charge is -2.26. The van der Waals surface area contributed by atoms with Gasteiger partial charge in [0.05, 0.1) is 19.2 Å². The molecule has 1 aromatic heterocycles. The lowest BCUT2D eigenvalue weighted by atomic mass is 10.0. The van der Waals surface area contributed by atoms with Crippen LogP contribution in [0.25, 0.3) is 0 Å². The van der Waals surface area contributed by atoms with Crippen LogP contribution in [0.4, 0.5) is 4.39 Å². The summed E-state index contributed by atoms with van der Waals surface area (Å²) < 4.78 is 24.8. The molecule has 4 rings (SSSR count). The first-order chi connectivity index (χ1) is 14.2. The van der Waals surface area contributed by atoms with Crippen LogP contribution in [-0.4, -0.2) is 17.6 Å². The molecule has 0 aliphatic carbocycles. The van der Waals surface area contributed by atoms with Crippen molar-refractivity contribution in [3.8, 4) is 17.4 Å². The minimum atomic E-state index is -0.372. The third kappa shape index (κ3) is 5.38. The van der Waals surface area contributed by atoms with Gasteiger partial charge < -0.3 is 20.5 Å². The van der Waals surface area contributed by atoms with Gasteiger partial charge in [0.2, 0.25) is 5.88 Å². The van der Waals surface area contributed by atoms with Crippen molar-refractivity contribution < 1.29 is 13.9 Å². The van der Waals surface area contributed by atoms with Crippen molar-refractivity contribution in [2.75, 3.05) is 6.61 Å². The third-order valence-corrected chi connectivity index (χ3v) is 4.56. The number of aliphatic imine (C=N–C) groups is 1. The zero-order valence-electron chi connectivity index (χ0n) is 16.1. The van der Waals surface area contributed by atoms with Gasteiger partial charge in [-0.05, 0) is 24.3 Å². The van der Waals surface area contributed by atoms with E-state index in [0.717, 1.165) is 23.3 Å². The summed E-state index contributed by atoms with van der Waals surface area (Å²) in [7, 11) is 0. The topological polar surface area (TPSA) is 81.8 Å². The van der Waals surface area contributed by atoms with Crippen molar-refractivity contribution in [2.45, 2.75) is 19.0 Å². The Morgan fingerprint density at radius 1 is 1.20 bits per heavy atom. The van der Waals surface area contributed by atoms with Crippen molar-refractivity contribution >= 4 is 29.9 Å². The molecule has 2 heterocycles. The molecule has 0 amide bonds. The molecule has 3 aromatic rings. The minimum absolute atomic E-state index is 0. The number of halogens is 2. The summed E-state index contributed by atoms with van der Waals surface area (Å²) in [5.74, 6) is 1.56. The zero-order valence-corrected chi connectivity index (χ0v) is 18.5. The van der Waals surface area contributed by atoms with E-state index in [0.29, 0.717) is 24.2 Å². The number of rotatable bonds is 5. The molecule has 1 aliphatic rings. The number of nitrogens with one attached hydrogen (secondary N) is 1. The van der Waals surface area contributed by atoms with E-state index < -0.39 is 0 Å². The summed E-state index contributed by atoms with van der Waals surface area (Å²) in [6.45, 7) is 0.901. The predicted octanol–water partition coefficient (Wildman–Crippen LogP) is 4.56. The smallest absolute Gasteiger partial charge is 0.224 e. The molecule has 1 unspecified atom stereocenters. The van der Waals surface area contributed by atoms with Gasteiger partial charge >= 0.3 is 0 Å². The van der Waals surface area contributed by atoms with Crippen LogP contribution in [0.1, 0.15) is 23.6 Å². The number of nitrogens with two attached hydrogens (primary N) is 1. The van der Waals surface area contributed by atoms with E-state index in [-0.39, 0.29) is 42.4 Å². The number of ether oxygens (including phenoxy) is 2. The Morgan fingerprint density at radius 3 is 2.93 bits per heavy atom. The molecule has 8 heteroatoms. The van der Waals surface area contributed by atoms with Crippen LogP contribution in [0.5, 0.6) is 17.4 Å². The monoisotopic (exact) mass is 520 g/mol. The molecule has 2 aromatic carbocycles. The second-order valence-corrected chi connectivity index (χ2v) is 6.60. The average molecular weight is 520 g/mol. The van der Waals surface area contributed by atoms with E-state index in [2.05, 4.69) is 15.3 Å². The van der Waals surface area contributed by atoms with Gasteiger partial charge in [0.1, 0.15) is 17.3 Å². The van der Waals surface area contributed by atoms with Gasteiger partial charge in [0, 0.05) is 29.8 Å². The number of benzene rings is 2. The Labute approximate surface area is 191 Å². The SMILES string of the molecule is I.NC(=NCc1cccnc1Oc1cccc(F)c1)NC1CCOc2ccccc21. The van der Waals surface area contributed by atoms with Gasteiger partial charge in [-0.2, -0.15) is 0 Å². The minimum Gasteiger partial charge on any atom is -0.493 e. The number of guanidine groups is 1. The molecule has 0 saturated heterocycles. The second kappa shape index (κ2) is 10.2. The molecule has 1 atom stereocenters. The number of hydrogen-bond donors (Lipinski definition) is 2. The molecule has 1 aliphatic heterocycles. The first-order valence-corrected chi connectivity index (χ1v) is 9.34. The van der Waals surface area contributed by atoms with Crippen LogP contribution < -0.4 is 20.5 Å². The molecular weight excluding hydrogens is 498 g/mol. The van der Waals surface area contributed by atoms with Crippen molar-refractivity contribution in [3.05, 3.63) is 83.8 Å². The first kappa shape index (κ1) is 21.8. The highest BCUT2D eigenvalue weighted by Crippen LogP contribution is 2.31. The van der Waals surface area contributed by atoms with Gasteiger partial charge in [-0.1, -0.05) is 30.3 Å². The van der Waals surface area contributed by atoms with Crippen LogP contribution in [0.2, 0.25) is 0 Å². The highest BCUT2D eigenvalue weighted by atomic mass is 127. The molecule has 156 valence electrons. The molecule has 0 radical (unpaired) electrons. The summed E-state index contributed by atoms with van der Waals surface area (Å²) >= 11 is 0. The predicted molar refractivity (Wildman–Crippen MR) is 124 cm³/mol. The van der Waals surface area contributed by atoms with Gasteiger partial charge in [-0.3, -0.25) is 0 Å². The van der Waals surface area contributed by atoms with Crippen LogP contribution in [0, 0.1) is 5.82 Å². The van der Waals surface area contributed by atoms with Gasteiger partial charge in [0.15, 0.2) is 5.96 Å². The number of fused-ring (bicyclic) bond motifs is 1. The van der Waals surface area contributed by atoms with Crippen LogP contribution >= 0.6 is 24.0 Å². The number of aromatic nitrogens is 1. The zero-order chi connectivity index (χ0) is 20.1. The second-order valence-electron chi connectivity index (χ2n) is 6.60. The molecule has 6 nitrogen and oxygen atoms in total. The summed E-state index contributed by atoms with van der Waals surface area (Å²) in [6, 6.07) is 17.5. The summed E-state index contributed by atoms with van der Waals surface area (Å²) in [4.78, 5) is 8.67. The maximum Gasteiger partial charge on any atom is 0.224 e. The fourth-order valence-corrected chi connectivity index (χ4v) is 3.16. The molecule has 0 saturated carbocycles. The van der Waals surface area contributed by atoms with Crippen molar-refractivity contribution in [1.29, 1.82) is 0 Å². The van der Waals surface area contributed by atoms with Crippen molar-refractivity contribution in [1.82, 2.24) is 10.3 Å². The van der Waals surface area contributed by atoms with E-state index >= 15 is 0 Å². The summed E-state index contributed by atoms with van der Waals surface area (Å²) in [5, 5.41) is 3.26. The van der Waals surface area contributed by atoms with Crippen LogP contribution in [-0.2, 0) is 6.54 Å². The highest BCUT2D eigenvalue weighted by molar-refractivity contribution is 14.0. The summed E-state index contributed by atoms with van der Waals surface area (Å²) in [5.41, 5.74) is 7.93. The maximum atomic E-state index is 13.4. The van der Waals surface area contributed by atoms with E-state index in [1.807, 2.05) is 30.3 Å². The molecule has 0 fully saturated rings.